The second kappa shape index (κ2) is 8.27. The summed E-state index contributed by atoms with van der Waals surface area (Å²) in [6.45, 7) is 13.6. The first kappa shape index (κ1) is 18.4. The van der Waals surface area contributed by atoms with Crippen molar-refractivity contribution in [1.82, 2.24) is 9.97 Å². The van der Waals surface area contributed by atoms with E-state index in [1.165, 1.54) is 46.3 Å². The lowest BCUT2D eigenvalue weighted by molar-refractivity contribution is 0.633. The van der Waals surface area contributed by atoms with Gasteiger partial charge in [-0.15, -0.1) is 0 Å². The number of hydrogen-bond donors (Lipinski definition) is 1. The van der Waals surface area contributed by atoms with E-state index in [1.54, 1.807) is 18.6 Å². The lowest BCUT2D eigenvalue weighted by atomic mass is 9.81. The van der Waals surface area contributed by atoms with E-state index >= 15 is 0 Å². The molecule has 0 radical (unpaired) electrons. The number of nitrogens with zero attached hydrogens (tertiary/aromatic N) is 2. The molecule has 2 aromatic rings. The van der Waals surface area contributed by atoms with Crippen LogP contribution in [0.3, 0.4) is 0 Å². The number of aromatic nitrogens is 2. The van der Waals surface area contributed by atoms with Gasteiger partial charge >= 0.3 is 0 Å². The van der Waals surface area contributed by atoms with Gasteiger partial charge in [-0.1, -0.05) is 27.2 Å². The van der Waals surface area contributed by atoms with Gasteiger partial charge in [0.25, 0.3) is 0 Å². The van der Waals surface area contributed by atoms with Gasteiger partial charge in [0.05, 0.1) is 6.20 Å². The molecule has 0 aliphatic carbocycles. The summed E-state index contributed by atoms with van der Waals surface area (Å²) in [4.78, 5) is 8.60. The van der Waals surface area contributed by atoms with Gasteiger partial charge in [0.1, 0.15) is 5.82 Å². The van der Waals surface area contributed by atoms with Crippen LogP contribution in [0.15, 0.2) is 18.6 Å². The van der Waals surface area contributed by atoms with E-state index in [0.717, 1.165) is 18.7 Å². The first-order chi connectivity index (χ1) is 11.5. The molecular weight excluding hydrogens is 294 g/mol. The molecular formula is C21H31N3. The lowest BCUT2D eigenvalue weighted by Gasteiger charge is -2.27. The SMILES string of the molecule is CCCc1c(C)c(C)c(C(CC)CC)c(C)c1Nc1cnccn1. The highest BCUT2D eigenvalue weighted by Crippen LogP contribution is 2.39. The Balaban J connectivity index is 2.65. The van der Waals surface area contributed by atoms with E-state index in [4.69, 9.17) is 0 Å². The van der Waals surface area contributed by atoms with Crippen molar-refractivity contribution in [2.45, 2.75) is 73.1 Å². The van der Waals surface area contributed by atoms with Gasteiger partial charge in [0, 0.05) is 18.1 Å². The molecule has 0 atom stereocenters. The van der Waals surface area contributed by atoms with Crippen LogP contribution >= 0.6 is 0 Å². The molecule has 1 heterocycles. The molecule has 0 fully saturated rings. The Kier molecular flexibility index (Phi) is 6.36. The topological polar surface area (TPSA) is 37.8 Å². The van der Waals surface area contributed by atoms with Crippen LogP contribution in [0, 0.1) is 20.8 Å². The van der Waals surface area contributed by atoms with E-state index in [9.17, 15) is 0 Å². The third-order valence-electron chi connectivity index (χ3n) is 5.21. The minimum atomic E-state index is 0.613. The zero-order valence-electron chi connectivity index (χ0n) is 16.0. The van der Waals surface area contributed by atoms with Crippen LogP contribution in [0.5, 0.6) is 0 Å². The van der Waals surface area contributed by atoms with Crippen LogP contribution in [-0.4, -0.2) is 9.97 Å². The van der Waals surface area contributed by atoms with E-state index < -0.39 is 0 Å². The van der Waals surface area contributed by atoms with Crippen molar-refractivity contribution in [2.24, 2.45) is 0 Å². The van der Waals surface area contributed by atoms with Crippen LogP contribution in [0.25, 0.3) is 0 Å². The fraction of sp³-hybridized carbons (Fsp3) is 0.524. The fourth-order valence-corrected chi connectivity index (χ4v) is 3.79. The molecule has 0 spiro atoms. The summed E-state index contributed by atoms with van der Waals surface area (Å²) in [6, 6.07) is 0. The maximum Gasteiger partial charge on any atom is 0.148 e. The molecule has 0 saturated carbocycles. The molecule has 0 aliphatic rings. The van der Waals surface area contributed by atoms with E-state index in [0.29, 0.717) is 5.92 Å². The molecule has 2 rings (SSSR count). The van der Waals surface area contributed by atoms with Gasteiger partial charge in [0.2, 0.25) is 0 Å². The first-order valence-corrected chi connectivity index (χ1v) is 9.20. The summed E-state index contributed by atoms with van der Waals surface area (Å²) in [7, 11) is 0. The number of anilines is 2. The standard InChI is InChI=1S/C21H31N3/c1-7-10-18-14(4)15(5)20(17(8-2)9-3)16(6)21(18)24-19-13-22-11-12-23-19/h11-13,17H,7-10H2,1-6H3,(H,23,24). The molecule has 0 unspecified atom stereocenters. The summed E-state index contributed by atoms with van der Waals surface area (Å²) < 4.78 is 0. The fourth-order valence-electron chi connectivity index (χ4n) is 3.79. The summed E-state index contributed by atoms with van der Waals surface area (Å²) in [5, 5.41) is 3.56. The maximum atomic E-state index is 4.41. The summed E-state index contributed by atoms with van der Waals surface area (Å²) in [6.07, 6.45) is 9.81. The molecule has 130 valence electrons. The van der Waals surface area contributed by atoms with Crippen molar-refractivity contribution in [3.63, 3.8) is 0 Å². The first-order valence-electron chi connectivity index (χ1n) is 9.20. The summed E-state index contributed by atoms with van der Waals surface area (Å²) >= 11 is 0. The highest BCUT2D eigenvalue weighted by atomic mass is 15.0. The van der Waals surface area contributed by atoms with Crippen molar-refractivity contribution in [3.8, 4) is 0 Å². The minimum Gasteiger partial charge on any atom is -0.338 e. The predicted octanol–water partition coefficient (Wildman–Crippen LogP) is 6.00. The average Bonchev–Trinajstić information content (AvgIpc) is 2.60. The van der Waals surface area contributed by atoms with Crippen LogP contribution in [0.1, 0.15) is 73.8 Å². The Labute approximate surface area is 146 Å². The second-order valence-electron chi connectivity index (χ2n) is 6.62. The largest absolute Gasteiger partial charge is 0.338 e. The van der Waals surface area contributed by atoms with Crippen LogP contribution < -0.4 is 5.32 Å². The molecule has 0 bridgehead atoms. The molecule has 1 N–H and O–H groups in total. The molecule has 24 heavy (non-hydrogen) atoms. The molecule has 3 heteroatoms. The Morgan fingerprint density at radius 2 is 1.67 bits per heavy atom. The van der Waals surface area contributed by atoms with Gasteiger partial charge < -0.3 is 5.32 Å². The Morgan fingerprint density at radius 3 is 2.21 bits per heavy atom. The van der Waals surface area contributed by atoms with Crippen LogP contribution in [0.4, 0.5) is 11.5 Å². The Hall–Kier alpha value is -1.90. The van der Waals surface area contributed by atoms with Crippen molar-refractivity contribution in [1.29, 1.82) is 0 Å². The van der Waals surface area contributed by atoms with E-state index in [2.05, 4.69) is 56.8 Å². The van der Waals surface area contributed by atoms with Crippen LogP contribution in [0.2, 0.25) is 0 Å². The number of rotatable bonds is 7. The van der Waals surface area contributed by atoms with E-state index in [-0.39, 0.29) is 0 Å². The minimum absolute atomic E-state index is 0.613. The number of hydrogen-bond acceptors (Lipinski definition) is 3. The van der Waals surface area contributed by atoms with E-state index in [1.807, 2.05) is 0 Å². The zero-order chi connectivity index (χ0) is 17.7. The highest BCUT2D eigenvalue weighted by molar-refractivity contribution is 5.70. The highest BCUT2D eigenvalue weighted by Gasteiger charge is 2.21. The monoisotopic (exact) mass is 325 g/mol. The third-order valence-corrected chi connectivity index (χ3v) is 5.21. The summed E-state index contributed by atoms with van der Waals surface area (Å²) in [5.74, 6) is 1.43. The van der Waals surface area contributed by atoms with Gasteiger partial charge in [-0.3, -0.25) is 4.98 Å². The Bertz CT molecular complexity index is 673. The molecule has 1 aromatic heterocycles. The molecule has 0 saturated heterocycles. The van der Waals surface area contributed by atoms with Crippen molar-refractivity contribution in [3.05, 3.63) is 46.4 Å². The smallest absolute Gasteiger partial charge is 0.148 e. The van der Waals surface area contributed by atoms with Crippen molar-refractivity contribution < 1.29 is 0 Å². The molecule has 3 nitrogen and oxygen atoms in total. The van der Waals surface area contributed by atoms with Crippen LogP contribution in [-0.2, 0) is 6.42 Å². The van der Waals surface area contributed by atoms with Crippen molar-refractivity contribution >= 4 is 11.5 Å². The number of nitrogens with one attached hydrogen (secondary N) is 1. The Morgan fingerprint density at radius 1 is 0.958 bits per heavy atom. The van der Waals surface area contributed by atoms with Gasteiger partial charge in [-0.25, -0.2) is 4.98 Å². The molecule has 0 amide bonds. The van der Waals surface area contributed by atoms with Gasteiger partial charge in [0.15, 0.2) is 0 Å². The molecule has 1 aromatic carbocycles. The second-order valence-corrected chi connectivity index (χ2v) is 6.62. The summed E-state index contributed by atoms with van der Waals surface area (Å²) in [5.41, 5.74) is 8.45. The van der Waals surface area contributed by atoms with Crippen molar-refractivity contribution in [2.75, 3.05) is 5.32 Å². The normalized spacial score (nSPS) is 11.1. The lowest BCUT2D eigenvalue weighted by Crippen LogP contribution is -2.11. The third kappa shape index (κ3) is 3.61. The van der Waals surface area contributed by atoms with Gasteiger partial charge in [-0.2, -0.15) is 0 Å². The predicted molar refractivity (Wildman–Crippen MR) is 103 cm³/mol. The average molecular weight is 326 g/mol. The van der Waals surface area contributed by atoms with Gasteiger partial charge in [-0.05, 0) is 73.8 Å². The zero-order valence-corrected chi connectivity index (χ0v) is 16.0. The quantitative estimate of drug-likeness (QED) is 0.678. The number of benzene rings is 1. The maximum absolute atomic E-state index is 4.41. The molecule has 0 aliphatic heterocycles.